The molecular weight excluding hydrogens is 192 g/mol. The second-order valence-corrected chi connectivity index (χ2v) is 6.11. The Bertz CT molecular complexity index is 253. The van der Waals surface area contributed by atoms with Crippen molar-refractivity contribution in [2.45, 2.75) is 19.4 Å². The van der Waals surface area contributed by atoms with Crippen LogP contribution in [-0.4, -0.2) is 55.4 Å². The van der Waals surface area contributed by atoms with Gasteiger partial charge in [0, 0.05) is 27.7 Å². The lowest BCUT2D eigenvalue weighted by molar-refractivity contribution is 0.0629. The molecule has 0 amide bonds. The number of aliphatic hydroxyl groups is 1. The summed E-state index contributed by atoms with van der Waals surface area (Å²) < 4.78 is 25.1. The van der Waals surface area contributed by atoms with Crippen LogP contribution >= 0.6 is 0 Å². The summed E-state index contributed by atoms with van der Waals surface area (Å²) in [7, 11) is 0.944. The molecular formula is C7H18N2O3S. The lowest BCUT2D eigenvalue weighted by Crippen LogP contribution is -2.44. The standard InChI is InChI=1S/C7H18N2O3S/c1-7(2,10)6-9(5)13(11,12)8(3)4/h10H,6H2,1-5H3. The van der Waals surface area contributed by atoms with Gasteiger partial charge >= 0.3 is 0 Å². The Balaban J connectivity index is 4.54. The van der Waals surface area contributed by atoms with E-state index >= 15 is 0 Å². The molecule has 0 aromatic carbocycles. The van der Waals surface area contributed by atoms with Crippen LogP contribution in [0.4, 0.5) is 0 Å². The van der Waals surface area contributed by atoms with Gasteiger partial charge in [-0.25, -0.2) is 0 Å². The predicted octanol–water partition coefficient (Wildman–Crippen LogP) is -0.504. The molecule has 5 nitrogen and oxygen atoms in total. The fraction of sp³-hybridized carbons (Fsp3) is 1.00. The molecule has 0 radical (unpaired) electrons. The van der Waals surface area contributed by atoms with E-state index in [-0.39, 0.29) is 6.54 Å². The Morgan fingerprint density at radius 3 is 1.85 bits per heavy atom. The van der Waals surface area contributed by atoms with Crippen molar-refractivity contribution < 1.29 is 13.5 Å². The van der Waals surface area contributed by atoms with Gasteiger partial charge in [-0.05, 0) is 13.8 Å². The molecule has 0 aromatic heterocycles. The monoisotopic (exact) mass is 210 g/mol. The first-order valence-corrected chi connectivity index (χ1v) is 5.33. The third kappa shape index (κ3) is 4.04. The van der Waals surface area contributed by atoms with Crippen molar-refractivity contribution in [3.8, 4) is 0 Å². The summed E-state index contributed by atoms with van der Waals surface area (Å²) in [5.41, 5.74) is -1.02. The minimum absolute atomic E-state index is 0.0769. The van der Waals surface area contributed by atoms with Gasteiger partial charge in [0.1, 0.15) is 0 Å². The molecule has 0 aliphatic rings. The first-order chi connectivity index (χ1) is 5.57. The van der Waals surface area contributed by atoms with Crippen LogP contribution < -0.4 is 0 Å². The molecule has 0 bridgehead atoms. The minimum Gasteiger partial charge on any atom is -0.389 e. The van der Waals surface area contributed by atoms with E-state index in [1.165, 1.54) is 21.1 Å². The summed E-state index contributed by atoms with van der Waals surface area (Å²) in [5.74, 6) is 0. The molecule has 0 aromatic rings. The van der Waals surface area contributed by atoms with Crippen molar-refractivity contribution in [1.29, 1.82) is 0 Å². The number of hydrogen-bond donors (Lipinski definition) is 1. The van der Waals surface area contributed by atoms with E-state index in [2.05, 4.69) is 0 Å². The lowest BCUT2D eigenvalue weighted by Gasteiger charge is -2.27. The molecule has 0 saturated heterocycles. The number of rotatable bonds is 4. The van der Waals surface area contributed by atoms with Crippen LogP contribution in [0.15, 0.2) is 0 Å². The second kappa shape index (κ2) is 3.91. The van der Waals surface area contributed by atoms with Gasteiger partial charge in [-0.1, -0.05) is 0 Å². The van der Waals surface area contributed by atoms with Gasteiger partial charge < -0.3 is 5.11 Å². The highest BCUT2D eigenvalue weighted by Gasteiger charge is 2.25. The summed E-state index contributed by atoms with van der Waals surface area (Å²) in [5, 5.41) is 9.41. The fourth-order valence-corrected chi connectivity index (χ4v) is 1.94. The smallest absolute Gasteiger partial charge is 0.281 e. The molecule has 0 saturated carbocycles. The fourth-order valence-electron chi connectivity index (χ4n) is 0.905. The van der Waals surface area contributed by atoms with Gasteiger partial charge in [-0.3, -0.25) is 0 Å². The maximum absolute atomic E-state index is 11.4. The molecule has 0 spiro atoms. The van der Waals surface area contributed by atoms with Crippen LogP contribution in [0.3, 0.4) is 0 Å². The van der Waals surface area contributed by atoms with Crippen molar-refractivity contribution in [2.24, 2.45) is 0 Å². The minimum atomic E-state index is -3.40. The van der Waals surface area contributed by atoms with Gasteiger partial charge in [0.15, 0.2) is 0 Å². The molecule has 80 valence electrons. The largest absolute Gasteiger partial charge is 0.389 e. The summed E-state index contributed by atoms with van der Waals surface area (Å²) in [6, 6.07) is 0. The number of hydrogen-bond acceptors (Lipinski definition) is 3. The molecule has 0 rings (SSSR count). The van der Waals surface area contributed by atoms with Crippen molar-refractivity contribution >= 4 is 10.2 Å². The highest BCUT2D eigenvalue weighted by molar-refractivity contribution is 7.86. The van der Waals surface area contributed by atoms with E-state index in [9.17, 15) is 13.5 Å². The predicted molar refractivity (Wildman–Crippen MR) is 51.5 cm³/mol. The van der Waals surface area contributed by atoms with Gasteiger partial charge in [0.25, 0.3) is 10.2 Å². The Hall–Kier alpha value is -0.170. The first-order valence-electron chi connectivity index (χ1n) is 3.93. The maximum Gasteiger partial charge on any atom is 0.281 e. The topological polar surface area (TPSA) is 60.9 Å². The van der Waals surface area contributed by atoms with Gasteiger partial charge in [0.05, 0.1) is 5.60 Å². The summed E-state index contributed by atoms with van der Waals surface area (Å²) >= 11 is 0. The van der Waals surface area contributed by atoms with Crippen LogP contribution in [0.1, 0.15) is 13.8 Å². The third-order valence-electron chi connectivity index (χ3n) is 1.46. The van der Waals surface area contributed by atoms with E-state index in [4.69, 9.17) is 0 Å². The van der Waals surface area contributed by atoms with Gasteiger partial charge in [-0.2, -0.15) is 17.0 Å². The SMILES string of the molecule is CN(C)S(=O)(=O)N(C)CC(C)(C)O. The number of likely N-dealkylation sites (N-methyl/N-ethyl adjacent to an activating group) is 1. The Labute approximate surface area is 80.1 Å². The highest BCUT2D eigenvalue weighted by atomic mass is 32.2. The zero-order valence-electron chi connectivity index (χ0n) is 8.77. The molecule has 0 fully saturated rings. The van der Waals surface area contributed by atoms with Crippen LogP contribution in [0.2, 0.25) is 0 Å². The van der Waals surface area contributed by atoms with Crippen molar-refractivity contribution in [1.82, 2.24) is 8.61 Å². The van der Waals surface area contributed by atoms with Crippen LogP contribution in [-0.2, 0) is 10.2 Å². The van der Waals surface area contributed by atoms with Crippen LogP contribution in [0, 0.1) is 0 Å². The van der Waals surface area contributed by atoms with Crippen LogP contribution in [0.5, 0.6) is 0 Å². The molecule has 0 atom stereocenters. The lowest BCUT2D eigenvalue weighted by atomic mass is 10.1. The van der Waals surface area contributed by atoms with Gasteiger partial charge in [0.2, 0.25) is 0 Å². The molecule has 0 unspecified atom stereocenters. The van der Waals surface area contributed by atoms with E-state index < -0.39 is 15.8 Å². The molecule has 6 heteroatoms. The molecule has 13 heavy (non-hydrogen) atoms. The van der Waals surface area contributed by atoms with E-state index in [0.717, 1.165) is 8.61 Å². The Morgan fingerprint density at radius 1 is 1.23 bits per heavy atom. The first kappa shape index (κ1) is 12.8. The highest BCUT2D eigenvalue weighted by Crippen LogP contribution is 2.08. The van der Waals surface area contributed by atoms with Crippen molar-refractivity contribution in [2.75, 3.05) is 27.7 Å². The molecule has 0 aliphatic carbocycles. The van der Waals surface area contributed by atoms with E-state index in [1.54, 1.807) is 13.8 Å². The maximum atomic E-state index is 11.4. The number of nitrogens with zero attached hydrogens (tertiary/aromatic N) is 2. The van der Waals surface area contributed by atoms with E-state index in [0.29, 0.717) is 0 Å². The summed E-state index contributed by atoms with van der Waals surface area (Å²) in [6.07, 6.45) is 0. The quantitative estimate of drug-likeness (QED) is 0.680. The Morgan fingerprint density at radius 2 is 1.62 bits per heavy atom. The average Bonchev–Trinajstić information content (AvgIpc) is 1.82. The zero-order chi connectivity index (χ0) is 10.9. The summed E-state index contributed by atoms with van der Waals surface area (Å²) in [4.78, 5) is 0. The molecule has 0 heterocycles. The zero-order valence-corrected chi connectivity index (χ0v) is 9.59. The van der Waals surface area contributed by atoms with Crippen LogP contribution in [0.25, 0.3) is 0 Å². The molecule has 1 N–H and O–H groups in total. The van der Waals surface area contributed by atoms with E-state index in [1.807, 2.05) is 0 Å². The average molecular weight is 210 g/mol. The third-order valence-corrected chi connectivity index (χ3v) is 3.30. The van der Waals surface area contributed by atoms with Gasteiger partial charge in [-0.15, -0.1) is 0 Å². The molecule has 0 aliphatic heterocycles. The Kier molecular flexibility index (Phi) is 3.86. The second-order valence-electron chi connectivity index (χ2n) is 3.86. The normalized spacial score (nSPS) is 14.2. The summed E-state index contributed by atoms with van der Waals surface area (Å²) in [6.45, 7) is 3.21. The van der Waals surface area contributed by atoms with Crippen molar-refractivity contribution in [3.05, 3.63) is 0 Å². The van der Waals surface area contributed by atoms with Crippen molar-refractivity contribution in [3.63, 3.8) is 0 Å².